The van der Waals surface area contributed by atoms with E-state index in [1.165, 1.54) is 19.2 Å². The van der Waals surface area contributed by atoms with Crippen LogP contribution in [0.2, 0.25) is 0 Å². The minimum Gasteiger partial charge on any atom is -0.494 e. The van der Waals surface area contributed by atoms with Crippen LogP contribution in [0.4, 0.5) is 4.39 Å². The van der Waals surface area contributed by atoms with Crippen LogP contribution in [0.1, 0.15) is 36.0 Å². The Morgan fingerprint density at radius 3 is 2.70 bits per heavy atom. The van der Waals surface area contributed by atoms with Gasteiger partial charge in [-0.15, -0.1) is 0 Å². The first-order valence-corrected chi connectivity index (χ1v) is 6.92. The van der Waals surface area contributed by atoms with E-state index in [4.69, 9.17) is 10.5 Å². The van der Waals surface area contributed by atoms with Gasteiger partial charge in [-0.05, 0) is 43.0 Å². The molecule has 4 nitrogen and oxygen atoms in total. The van der Waals surface area contributed by atoms with Crippen molar-refractivity contribution in [1.82, 2.24) is 5.32 Å². The molecule has 0 unspecified atom stereocenters. The van der Waals surface area contributed by atoms with Gasteiger partial charge in [0.1, 0.15) is 0 Å². The summed E-state index contributed by atoms with van der Waals surface area (Å²) in [6.07, 6.45) is 4.40. The number of ether oxygens (including phenoxy) is 1. The second-order valence-electron chi connectivity index (χ2n) is 5.44. The van der Waals surface area contributed by atoms with Crippen molar-refractivity contribution in [1.29, 1.82) is 0 Å². The Balaban J connectivity index is 1.99. The highest BCUT2D eigenvalue weighted by Crippen LogP contribution is 2.36. The Hall–Kier alpha value is -1.62. The van der Waals surface area contributed by atoms with E-state index < -0.39 is 5.82 Å². The molecule has 0 bridgehead atoms. The minimum atomic E-state index is -0.533. The molecule has 110 valence electrons. The van der Waals surface area contributed by atoms with Gasteiger partial charge in [-0.2, -0.15) is 0 Å². The molecule has 0 aliphatic heterocycles. The van der Waals surface area contributed by atoms with Crippen molar-refractivity contribution in [2.45, 2.75) is 25.7 Å². The summed E-state index contributed by atoms with van der Waals surface area (Å²) in [7, 11) is 1.39. The zero-order valence-electron chi connectivity index (χ0n) is 11.7. The Morgan fingerprint density at radius 2 is 2.15 bits per heavy atom. The van der Waals surface area contributed by atoms with Crippen molar-refractivity contribution in [3.63, 3.8) is 0 Å². The predicted molar refractivity (Wildman–Crippen MR) is 75.2 cm³/mol. The molecule has 20 heavy (non-hydrogen) atoms. The topological polar surface area (TPSA) is 64.3 Å². The third-order valence-electron chi connectivity index (χ3n) is 4.14. The third-order valence-corrected chi connectivity index (χ3v) is 4.14. The molecule has 1 aliphatic carbocycles. The summed E-state index contributed by atoms with van der Waals surface area (Å²) in [4.78, 5) is 12.1. The molecule has 0 aromatic heterocycles. The van der Waals surface area contributed by atoms with E-state index in [1.54, 1.807) is 6.07 Å². The molecule has 0 atom stereocenters. The van der Waals surface area contributed by atoms with E-state index in [9.17, 15) is 9.18 Å². The fraction of sp³-hybridized carbons (Fsp3) is 0.533. The van der Waals surface area contributed by atoms with Crippen LogP contribution in [-0.2, 0) is 0 Å². The normalized spacial score (nSPS) is 16.9. The SMILES string of the molecule is COc1ccc(C(=O)NCC2(CN)CCCC2)cc1F. The van der Waals surface area contributed by atoms with Crippen molar-refractivity contribution < 1.29 is 13.9 Å². The lowest BCUT2D eigenvalue weighted by Crippen LogP contribution is -2.40. The van der Waals surface area contributed by atoms with Crippen LogP contribution in [0, 0.1) is 11.2 Å². The van der Waals surface area contributed by atoms with Gasteiger partial charge in [0, 0.05) is 12.1 Å². The number of benzene rings is 1. The highest BCUT2D eigenvalue weighted by molar-refractivity contribution is 5.94. The van der Waals surface area contributed by atoms with Gasteiger partial charge in [-0.3, -0.25) is 4.79 Å². The van der Waals surface area contributed by atoms with E-state index in [2.05, 4.69) is 5.32 Å². The quantitative estimate of drug-likeness (QED) is 0.868. The van der Waals surface area contributed by atoms with Crippen LogP contribution >= 0.6 is 0 Å². The molecular weight excluding hydrogens is 259 g/mol. The zero-order valence-corrected chi connectivity index (χ0v) is 11.7. The second kappa shape index (κ2) is 6.22. The number of nitrogens with two attached hydrogens (primary N) is 1. The fourth-order valence-electron chi connectivity index (χ4n) is 2.76. The Morgan fingerprint density at radius 1 is 1.45 bits per heavy atom. The van der Waals surface area contributed by atoms with Crippen LogP contribution in [-0.4, -0.2) is 26.1 Å². The van der Waals surface area contributed by atoms with E-state index in [-0.39, 0.29) is 17.1 Å². The minimum absolute atomic E-state index is 0.0146. The van der Waals surface area contributed by atoms with Gasteiger partial charge in [-0.25, -0.2) is 4.39 Å². The second-order valence-corrected chi connectivity index (χ2v) is 5.44. The number of carbonyl (C=O) groups excluding carboxylic acids is 1. The Bertz CT molecular complexity index is 485. The molecule has 0 saturated heterocycles. The molecule has 0 heterocycles. The average Bonchev–Trinajstić information content (AvgIpc) is 2.94. The van der Waals surface area contributed by atoms with Gasteiger partial charge >= 0.3 is 0 Å². The van der Waals surface area contributed by atoms with Crippen LogP contribution in [0.25, 0.3) is 0 Å². The predicted octanol–water partition coefficient (Wildman–Crippen LogP) is 2.08. The van der Waals surface area contributed by atoms with Crippen molar-refractivity contribution in [3.05, 3.63) is 29.6 Å². The lowest BCUT2D eigenvalue weighted by atomic mass is 9.86. The summed E-state index contributed by atoms with van der Waals surface area (Å²) in [6.45, 7) is 1.13. The molecule has 1 fully saturated rings. The standard InChI is InChI=1S/C15H21FN2O2/c1-20-13-5-4-11(8-12(13)16)14(19)18-10-15(9-17)6-2-3-7-15/h4-5,8H,2-3,6-7,9-10,17H2,1H3,(H,18,19). The summed E-state index contributed by atoms with van der Waals surface area (Å²) in [5.74, 6) is -0.670. The van der Waals surface area contributed by atoms with Gasteiger partial charge in [-0.1, -0.05) is 12.8 Å². The summed E-state index contributed by atoms with van der Waals surface area (Å²) >= 11 is 0. The number of carbonyl (C=O) groups is 1. The number of methoxy groups -OCH3 is 1. The Labute approximate surface area is 118 Å². The first-order chi connectivity index (χ1) is 9.60. The maximum Gasteiger partial charge on any atom is 0.251 e. The maximum absolute atomic E-state index is 13.6. The first kappa shape index (κ1) is 14.8. The highest BCUT2D eigenvalue weighted by atomic mass is 19.1. The summed E-state index contributed by atoms with van der Waals surface area (Å²) in [6, 6.07) is 4.21. The van der Waals surface area contributed by atoms with Crippen LogP contribution in [0.3, 0.4) is 0 Å². The van der Waals surface area contributed by atoms with Gasteiger partial charge in [0.25, 0.3) is 5.91 Å². The number of hydrogen-bond donors (Lipinski definition) is 2. The maximum atomic E-state index is 13.6. The van der Waals surface area contributed by atoms with Crippen molar-refractivity contribution in [2.24, 2.45) is 11.1 Å². The number of halogens is 1. The molecule has 3 N–H and O–H groups in total. The van der Waals surface area contributed by atoms with Crippen LogP contribution < -0.4 is 15.8 Å². The van der Waals surface area contributed by atoms with Gasteiger partial charge in [0.05, 0.1) is 7.11 Å². The molecular formula is C15H21FN2O2. The smallest absolute Gasteiger partial charge is 0.251 e. The molecule has 1 saturated carbocycles. The molecule has 1 aliphatic rings. The summed E-state index contributed by atoms with van der Waals surface area (Å²) < 4.78 is 18.4. The fourth-order valence-corrected chi connectivity index (χ4v) is 2.76. The highest BCUT2D eigenvalue weighted by Gasteiger charge is 2.32. The molecule has 2 rings (SSSR count). The average molecular weight is 280 g/mol. The van der Waals surface area contributed by atoms with E-state index in [1.807, 2.05) is 0 Å². The van der Waals surface area contributed by atoms with E-state index >= 15 is 0 Å². The monoisotopic (exact) mass is 280 g/mol. The number of hydrogen-bond acceptors (Lipinski definition) is 3. The van der Waals surface area contributed by atoms with Crippen molar-refractivity contribution >= 4 is 5.91 Å². The lowest BCUT2D eigenvalue weighted by Gasteiger charge is -2.27. The third kappa shape index (κ3) is 3.10. The van der Waals surface area contributed by atoms with Crippen LogP contribution in [0.15, 0.2) is 18.2 Å². The van der Waals surface area contributed by atoms with E-state index in [0.717, 1.165) is 25.7 Å². The first-order valence-electron chi connectivity index (χ1n) is 6.92. The van der Waals surface area contributed by atoms with E-state index in [0.29, 0.717) is 18.7 Å². The molecule has 1 aromatic carbocycles. The molecule has 5 heteroatoms. The van der Waals surface area contributed by atoms with Crippen LogP contribution in [0.5, 0.6) is 5.75 Å². The van der Waals surface area contributed by atoms with Crippen molar-refractivity contribution in [3.8, 4) is 5.75 Å². The zero-order chi connectivity index (χ0) is 14.6. The summed E-state index contributed by atoms with van der Waals surface area (Å²) in [5, 5.41) is 2.87. The largest absolute Gasteiger partial charge is 0.494 e. The molecule has 1 amide bonds. The number of nitrogens with one attached hydrogen (secondary N) is 1. The van der Waals surface area contributed by atoms with Gasteiger partial charge in [0.2, 0.25) is 0 Å². The van der Waals surface area contributed by atoms with Gasteiger partial charge < -0.3 is 15.8 Å². The molecule has 1 aromatic rings. The number of amides is 1. The Kier molecular flexibility index (Phi) is 4.60. The lowest BCUT2D eigenvalue weighted by molar-refractivity contribution is 0.0931. The molecule has 0 radical (unpaired) electrons. The molecule has 0 spiro atoms. The van der Waals surface area contributed by atoms with Crippen molar-refractivity contribution in [2.75, 3.05) is 20.2 Å². The number of rotatable bonds is 5. The van der Waals surface area contributed by atoms with Gasteiger partial charge in [0.15, 0.2) is 11.6 Å². The summed E-state index contributed by atoms with van der Waals surface area (Å²) in [5.41, 5.74) is 6.14.